The van der Waals surface area contributed by atoms with E-state index in [-0.39, 0.29) is 12.4 Å². The number of rotatable bonds is 3. The highest BCUT2D eigenvalue weighted by Crippen LogP contribution is 2.26. The van der Waals surface area contributed by atoms with Gasteiger partial charge in [0.05, 0.1) is 12.8 Å². The maximum Gasteiger partial charge on any atom is 0.124 e. The van der Waals surface area contributed by atoms with E-state index in [1.54, 1.807) is 24.7 Å². The molecule has 0 aliphatic heterocycles. The topological polar surface area (TPSA) is 46.0 Å². The molecule has 0 spiro atoms. The van der Waals surface area contributed by atoms with Gasteiger partial charge < -0.3 is 5.11 Å². The highest BCUT2D eigenvalue weighted by molar-refractivity contribution is 7.99. The average Bonchev–Trinajstić information content (AvgIpc) is 2.29. The second-order valence-corrected chi connectivity index (χ2v) is 4.19. The quantitative estimate of drug-likeness (QED) is 0.888. The summed E-state index contributed by atoms with van der Waals surface area (Å²) >= 11 is 1.31. The van der Waals surface area contributed by atoms with Crippen molar-refractivity contribution in [2.75, 3.05) is 0 Å². The fourth-order valence-electron chi connectivity index (χ4n) is 1.23. The van der Waals surface area contributed by atoms with Gasteiger partial charge in [0.25, 0.3) is 0 Å². The first-order valence-corrected chi connectivity index (χ1v) is 5.44. The average molecular weight is 236 g/mol. The van der Waals surface area contributed by atoms with Crippen molar-refractivity contribution in [3.63, 3.8) is 0 Å². The molecule has 0 aliphatic carbocycles. The van der Waals surface area contributed by atoms with Crippen molar-refractivity contribution in [1.82, 2.24) is 9.97 Å². The van der Waals surface area contributed by atoms with Crippen LogP contribution >= 0.6 is 11.8 Å². The van der Waals surface area contributed by atoms with Crippen molar-refractivity contribution in [1.29, 1.82) is 0 Å². The molecule has 2 aromatic rings. The van der Waals surface area contributed by atoms with Gasteiger partial charge in [0.15, 0.2) is 0 Å². The van der Waals surface area contributed by atoms with Crippen molar-refractivity contribution in [3.05, 3.63) is 48.2 Å². The Morgan fingerprint density at radius 1 is 1.25 bits per heavy atom. The molecule has 1 N–H and O–H groups in total. The van der Waals surface area contributed by atoms with Crippen LogP contribution in [-0.2, 0) is 6.61 Å². The van der Waals surface area contributed by atoms with Crippen molar-refractivity contribution in [2.45, 2.75) is 16.5 Å². The van der Waals surface area contributed by atoms with E-state index in [0.717, 1.165) is 0 Å². The van der Waals surface area contributed by atoms with Gasteiger partial charge in [0.2, 0.25) is 0 Å². The minimum absolute atomic E-state index is 0.175. The summed E-state index contributed by atoms with van der Waals surface area (Å²) in [7, 11) is 0. The second-order valence-electron chi connectivity index (χ2n) is 3.10. The monoisotopic (exact) mass is 236 g/mol. The summed E-state index contributed by atoms with van der Waals surface area (Å²) in [5.41, 5.74) is 0.548. The van der Waals surface area contributed by atoms with E-state index in [4.69, 9.17) is 5.11 Å². The lowest BCUT2D eigenvalue weighted by Gasteiger charge is -2.03. The summed E-state index contributed by atoms with van der Waals surface area (Å²) in [6.45, 7) is -0.175. The zero-order valence-corrected chi connectivity index (χ0v) is 9.12. The van der Waals surface area contributed by atoms with Crippen LogP contribution in [0, 0.1) is 5.82 Å². The smallest absolute Gasteiger partial charge is 0.124 e. The van der Waals surface area contributed by atoms with Gasteiger partial charge in [0.1, 0.15) is 10.8 Å². The van der Waals surface area contributed by atoms with E-state index in [1.807, 2.05) is 0 Å². The molecular weight excluding hydrogens is 227 g/mol. The fraction of sp³-hybridized carbons (Fsp3) is 0.0909. The minimum Gasteiger partial charge on any atom is -0.392 e. The van der Waals surface area contributed by atoms with Gasteiger partial charge >= 0.3 is 0 Å². The molecular formula is C11H9FN2OS. The molecule has 1 heterocycles. The number of aliphatic hydroxyl groups excluding tert-OH is 1. The maximum atomic E-state index is 13.2. The van der Waals surface area contributed by atoms with E-state index < -0.39 is 0 Å². The van der Waals surface area contributed by atoms with Crippen molar-refractivity contribution < 1.29 is 9.50 Å². The van der Waals surface area contributed by atoms with Crippen LogP contribution in [0.1, 0.15) is 5.56 Å². The molecule has 82 valence electrons. The van der Waals surface area contributed by atoms with Crippen molar-refractivity contribution in [3.8, 4) is 0 Å². The first kappa shape index (κ1) is 11.0. The molecule has 0 unspecified atom stereocenters. The van der Waals surface area contributed by atoms with E-state index in [2.05, 4.69) is 9.97 Å². The predicted molar refractivity (Wildman–Crippen MR) is 58.5 cm³/mol. The summed E-state index contributed by atoms with van der Waals surface area (Å²) in [5, 5.41) is 9.64. The highest BCUT2D eigenvalue weighted by Gasteiger charge is 2.03. The third kappa shape index (κ3) is 2.77. The fourth-order valence-corrected chi connectivity index (χ4v) is 2.08. The van der Waals surface area contributed by atoms with Gasteiger partial charge in [-0.05, 0) is 23.8 Å². The molecule has 0 radical (unpaired) electrons. The van der Waals surface area contributed by atoms with Gasteiger partial charge in [0, 0.05) is 17.3 Å². The van der Waals surface area contributed by atoms with Crippen LogP contribution in [0.3, 0.4) is 0 Å². The predicted octanol–water partition coefficient (Wildman–Crippen LogP) is 2.26. The van der Waals surface area contributed by atoms with E-state index in [0.29, 0.717) is 15.5 Å². The Balaban J connectivity index is 2.24. The largest absolute Gasteiger partial charge is 0.392 e. The second kappa shape index (κ2) is 5.05. The van der Waals surface area contributed by atoms with Gasteiger partial charge in [-0.1, -0.05) is 11.8 Å². The zero-order valence-electron chi connectivity index (χ0n) is 8.30. The van der Waals surface area contributed by atoms with E-state index in [1.165, 1.54) is 23.9 Å². The number of hydrogen-bond donors (Lipinski definition) is 1. The first-order chi connectivity index (χ1) is 7.78. The van der Waals surface area contributed by atoms with Crippen LogP contribution in [0.15, 0.2) is 46.7 Å². The van der Waals surface area contributed by atoms with Crippen LogP contribution in [0.2, 0.25) is 0 Å². The highest BCUT2D eigenvalue weighted by atomic mass is 32.2. The Labute approximate surface area is 96.4 Å². The molecule has 1 aromatic carbocycles. The van der Waals surface area contributed by atoms with Crippen LogP contribution in [0.5, 0.6) is 0 Å². The summed E-state index contributed by atoms with van der Waals surface area (Å²) in [6.07, 6.45) is 4.76. The Bertz CT molecular complexity index is 479. The minimum atomic E-state index is -0.363. The molecule has 0 amide bonds. The molecule has 0 fully saturated rings. The normalized spacial score (nSPS) is 10.4. The van der Waals surface area contributed by atoms with Crippen molar-refractivity contribution >= 4 is 11.8 Å². The number of halogens is 1. The Hall–Kier alpha value is -1.46. The molecule has 16 heavy (non-hydrogen) atoms. The van der Waals surface area contributed by atoms with Gasteiger partial charge in [-0.15, -0.1) is 0 Å². The van der Waals surface area contributed by atoms with Crippen LogP contribution < -0.4 is 0 Å². The Kier molecular flexibility index (Phi) is 3.48. The lowest BCUT2D eigenvalue weighted by molar-refractivity contribution is 0.281. The molecule has 0 atom stereocenters. The van der Waals surface area contributed by atoms with Crippen LogP contribution in [-0.4, -0.2) is 15.1 Å². The maximum absolute atomic E-state index is 13.2. The lowest BCUT2D eigenvalue weighted by Crippen LogP contribution is -1.87. The molecule has 3 nitrogen and oxygen atoms in total. The Morgan fingerprint density at radius 2 is 2.12 bits per heavy atom. The molecule has 1 aromatic heterocycles. The number of aromatic nitrogens is 2. The summed E-state index contributed by atoms with van der Waals surface area (Å²) in [5.74, 6) is -0.363. The first-order valence-electron chi connectivity index (χ1n) is 4.62. The van der Waals surface area contributed by atoms with Crippen molar-refractivity contribution in [2.24, 2.45) is 0 Å². The third-order valence-corrected chi connectivity index (χ3v) is 2.77. The number of nitrogens with zero attached hydrogens (tertiary/aromatic N) is 2. The molecule has 0 saturated carbocycles. The summed E-state index contributed by atoms with van der Waals surface area (Å²) in [4.78, 5) is 8.69. The van der Waals surface area contributed by atoms with E-state index >= 15 is 0 Å². The standard InChI is InChI=1S/C11H9FN2OS/c12-9-3-8(7-15)4-10(5-9)16-11-6-13-1-2-14-11/h1-6,15H,7H2. The van der Waals surface area contributed by atoms with Gasteiger partial charge in [-0.25, -0.2) is 9.37 Å². The van der Waals surface area contributed by atoms with Gasteiger partial charge in [-0.2, -0.15) is 0 Å². The number of benzene rings is 1. The SMILES string of the molecule is OCc1cc(F)cc(Sc2cnccn2)c1. The summed E-state index contributed by atoms with van der Waals surface area (Å²) < 4.78 is 13.2. The van der Waals surface area contributed by atoms with Crippen LogP contribution in [0.25, 0.3) is 0 Å². The molecule has 0 aliphatic rings. The molecule has 5 heteroatoms. The molecule has 2 rings (SSSR count). The third-order valence-electron chi connectivity index (χ3n) is 1.88. The number of aliphatic hydroxyl groups is 1. The Morgan fingerprint density at radius 3 is 2.81 bits per heavy atom. The van der Waals surface area contributed by atoms with E-state index in [9.17, 15) is 4.39 Å². The van der Waals surface area contributed by atoms with Crippen LogP contribution in [0.4, 0.5) is 4.39 Å². The molecule has 0 saturated heterocycles. The number of hydrogen-bond acceptors (Lipinski definition) is 4. The molecule has 0 bridgehead atoms. The van der Waals surface area contributed by atoms with Gasteiger partial charge in [-0.3, -0.25) is 4.98 Å². The zero-order chi connectivity index (χ0) is 11.4. The summed E-state index contributed by atoms with van der Waals surface area (Å²) in [6, 6.07) is 4.43. The lowest BCUT2D eigenvalue weighted by atomic mass is 10.2.